The summed E-state index contributed by atoms with van der Waals surface area (Å²) in [6.45, 7) is -0.570. The number of halogens is 6. The first-order chi connectivity index (χ1) is 13.0. The topological polar surface area (TPSA) is 58.6 Å². The number of aliphatic hydroxyl groups excluding tert-OH is 1. The largest absolute Gasteiger partial charge is 0.491 e. The van der Waals surface area contributed by atoms with Gasteiger partial charge in [-0.2, -0.15) is 26.3 Å². The first-order valence-corrected chi connectivity index (χ1v) is 7.90. The highest BCUT2D eigenvalue weighted by Gasteiger charge is 2.31. The van der Waals surface area contributed by atoms with Crippen LogP contribution >= 0.6 is 0 Å². The number of alkyl halides is 6. The Bertz CT molecular complexity index is 785. The van der Waals surface area contributed by atoms with Crippen molar-refractivity contribution in [3.8, 4) is 5.75 Å². The maximum atomic E-state index is 12.5. The molecule has 1 amide bonds. The van der Waals surface area contributed by atoms with Crippen molar-refractivity contribution in [1.82, 2.24) is 5.32 Å². The molecule has 0 aliphatic heterocycles. The van der Waals surface area contributed by atoms with E-state index in [2.05, 4.69) is 5.32 Å². The predicted molar refractivity (Wildman–Crippen MR) is 86.7 cm³/mol. The first-order valence-electron chi connectivity index (χ1n) is 7.90. The van der Waals surface area contributed by atoms with E-state index in [1.165, 1.54) is 0 Å². The van der Waals surface area contributed by atoms with Crippen LogP contribution in [0.5, 0.6) is 5.75 Å². The Morgan fingerprint density at radius 3 is 1.82 bits per heavy atom. The number of nitrogens with one attached hydrogen (secondary N) is 1. The van der Waals surface area contributed by atoms with Crippen LogP contribution in [0.15, 0.2) is 48.5 Å². The average molecular weight is 407 g/mol. The standard InChI is InChI=1S/C18H15F6NO3/c19-17(20,21)12-3-1-11(2-4-12)16(27)25-9-14(26)10-28-15-7-5-13(6-8-15)18(22,23)24/h1-8,14,26H,9-10H2,(H,25,27). The van der Waals surface area contributed by atoms with Crippen LogP contribution in [0.4, 0.5) is 26.3 Å². The number of carbonyl (C=O) groups is 1. The predicted octanol–water partition coefficient (Wildman–Crippen LogP) is 3.89. The number of carbonyl (C=O) groups excluding carboxylic acids is 1. The van der Waals surface area contributed by atoms with Crippen LogP contribution in [0, 0.1) is 0 Å². The molecule has 4 nitrogen and oxygen atoms in total. The summed E-state index contributed by atoms with van der Waals surface area (Å²) in [7, 11) is 0. The monoisotopic (exact) mass is 407 g/mol. The fourth-order valence-electron chi connectivity index (χ4n) is 2.11. The van der Waals surface area contributed by atoms with Gasteiger partial charge >= 0.3 is 12.4 Å². The van der Waals surface area contributed by atoms with E-state index in [9.17, 15) is 36.2 Å². The summed E-state index contributed by atoms with van der Waals surface area (Å²) < 4.78 is 79.9. The molecule has 0 aromatic heterocycles. The fourth-order valence-corrected chi connectivity index (χ4v) is 2.11. The Morgan fingerprint density at radius 1 is 0.893 bits per heavy atom. The second-order valence-electron chi connectivity index (χ2n) is 5.77. The van der Waals surface area contributed by atoms with E-state index in [1.54, 1.807) is 0 Å². The van der Waals surface area contributed by atoms with Gasteiger partial charge in [-0.3, -0.25) is 4.79 Å². The van der Waals surface area contributed by atoms with Crippen molar-refractivity contribution in [2.45, 2.75) is 18.5 Å². The van der Waals surface area contributed by atoms with Crippen LogP contribution in [-0.4, -0.2) is 30.3 Å². The maximum absolute atomic E-state index is 12.5. The molecule has 0 radical (unpaired) electrons. The lowest BCUT2D eigenvalue weighted by Crippen LogP contribution is -2.35. The molecule has 0 saturated carbocycles. The number of amides is 1. The quantitative estimate of drug-likeness (QED) is 0.715. The molecule has 2 aromatic carbocycles. The smallest absolute Gasteiger partial charge is 0.416 e. The third kappa shape index (κ3) is 6.15. The minimum absolute atomic E-state index is 0.0242. The van der Waals surface area contributed by atoms with Gasteiger partial charge in [0.15, 0.2) is 0 Å². The fraction of sp³-hybridized carbons (Fsp3) is 0.278. The summed E-state index contributed by atoms with van der Waals surface area (Å²) in [6, 6.07) is 7.37. The highest BCUT2D eigenvalue weighted by Crippen LogP contribution is 2.30. The van der Waals surface area contributed by atoms with Gasteiger partial charge in [-0.1, -0.05) is 0 Å². The molecule has 2 aromatic rings. The van der Waals surface area contributed by atoms with Crippen LogP contribution in [-0.2, 0) is 12.4 Å². The molecule has 1 unspecified atom stereocenters. The van der Waals surface area contributed by atoms with Gasteiger partial charge in [0.25, 0.3) is 5.91 Å². The normalized spacial score (nSPS) is 13.1. The third-order valence-electron chi connectivity index (χ3n) is 3.60. The van der Waals surface area contributed by atoms with Crippen molar-refractivity contribution in [1.29, 1.82) is 0 Å². The van der Waals surface area contributed by atoms with Crippen molar-refractivity contribution in [3.63, 3.8) is 0 Å². The van der Waals surface area contributed by atoms with Gasteiger partial charge in [-0.05, 0) is 48.5 Å². The number of rotatable bonds is 6. The van der Waals surface area contributed by atoms with E-state index in [-0.39, 0.29) is 24.5 Å². The Labute approximate surface area is 155 Å². The highest BCUT2D eigenvalue weighted by atomic mass is 19.4. The summed E-state index contributed by atoms with van der Waals surface area (Å²) >= 11 is 0. The van der Waals surface area contributed by atoms with Crippen molar-refractivity contribution in [2.24, 2.45) is 0 Å². The van der Waals surface area contributed by atoms with E-state index in [1.807, 2.05) is 0 Å². The third-order valence-corrected chi connectivity index (χ3v) is 3.60. The molecule has 1 atom stereocenters. The Morgan fingerprint density at radius 2 is 1.36 bits per heavy atom. The molecule has 0 heterocycles. The number of aliphatic hydroxyl groups is 1. The van der Waals surface area contributed by atoms with E-state index in [0.717, 1.165) is 48.5 Å². The Hall–Kier alpha value is -2.75. The molecule has 0 aliphatic carbocycles. The summed E-state index contributed by atoms with van der Waals surface area (Å²) in [4.78, 5) is 11.9. The average Bonchev–Trinajstić information content (AvgIpc) is 2.63. The zero-order chi connectivity index (χ0) is 20.9. The first kappa shape index (κ1) is 21.5. The number of hydrogen-bond acceptors (Lipinski definition) is 3. The van der Waals surface area contributed by atoms with Crippen LogP contribution in [0.3, 0.4) is 0 Å². The lowest BCUT2D eigenvalue weighted by atomic mass is 10.1. The minimum atomic E-state index is -4.51. The molecular weight excluding hydrogens is 392 g/mol. The molecule has 2 rings (SSSR count). The van der Waals surface area contributed by atoms with E-state index < -0.39 is 35.5 Å². The van der Waals surface area contributed by atoms with Crippen molar-refractivity contribution >= 4 is 5.91 Å². The molecule has 0 bridgehead atoms. The Balaban J connectivity index is 1.80. The van der Waals surface area contributed by atoms with Gasteiger partial charge in [-0.15, -0.1) is 0 Å². The van der Waals surface area contributed by atoms with E-state index in [0.29, 0.717) is 0 Å². The van der Waals surface area contributed by atoms with Gasteiger partial charge in [-0.25, -0.2) is 0 Å². The van der Waals surface area contributed by atoms with Crippen LogP contribution in [0.25, 0.3) is 0 Å². The van der Waals surface area contributed by atoms with Crippen molar-refractivity contribution in [3.05, 3.63) is 65.2 Å². The zero-order valence-electron chi connectivity index (χ0n) is 14.1. The van der Waals surface area contributed by atoms with Crippen LogP contribution in [0.1, 0.15) is 21.5 Å². The Kier molecular flexibility index (Phi) is 6.55. The molecule has 0 saturated heterocycles. The van der Waals surface area contributed by atoms with Gasteiger partial charge in [0.1, 0.15) is 18.5 Å². The molecular formula is C18H15F6NO3. The van der Waals surface area contributed by atoms with Crippen molar-refractivity contribution in [2.75, 3.05) is 13.2 Å². The molecule has 152 valence electrons. The van der Waals surface area contributed by atoms with E-state index >= 15 is 0 Å². The number of benzene rings is 2. The summed E-state index contributed by atoms with van der Waals surface area (Å²) in [5.74, 6) is -0.594. The van der Waals surface area contributed by atoms with Gasteiger partial charge in [0, 0.05) is 12.1 Å². The molecule has 28 heavy (non-hydrogen) atoms. The van der Waals surface area contributed by atoms with Crippen molar-refractivity contribution < 1.29 is 41.0 Å². The summed E-state index contributed by atoms with van der Waals surface area (Å²) in [5.41, 5.74) is -1.76. The second kappa shape index (κ2) is 8.51. The molecule has 10 heteroatoms. The second-order valence-corrected chi connectivity index (χ2v) is 5.77. The molecule has 0 aliphatic rings. The summed E-state index contributed by atoms with van der Waals surface area (Å²) in [6.07, 6.45) is -10.2. The van der Waals surface area contributed by atoms with Crippen LogP contribution < -0.4 is 10.1 Å². The number of hydrogen-bond donors (Lipinski definition) is 2. The molecule has 2 N–H and O–H groups in total. The lowest BCUT2D eigenvalue weighted by Gasteiger charge is -2.14. The minimum Gasteiger partial charge on any atom is -0.491 e. The maximum Gasteiger partial charge on any atom is 0.416 e. The van der Waals surface area contributed by atoms with Gasteiger partial charge in [0.2, 0.25) is 0 Å². The van der Waals surface area contributed by atoms with Gasteiger partial charge < -0.3 is 15.2 Å². The zero-order valence-corrected chi connectivity index (χ0v) is 14.1. The van der Waals surface area contributed by atoms with E-state index in [4.69, 9.17) is 4.74 Å². The summed E-state index contributed by atoms with van der Waals surface area (Å²) in [5, 5.41) is 12.1. The molecule has 0 spiro atoms. The van der Waals surface area contributed by atoms with Gasteiger partial charge in [0.05, 0.1) is 11.1 Å². The van der Waals surface area contributed by atoms with Crippen LogP contribution in [0.2, 0.25) is 0 Å². The number of ether oxygens (including phenoxy) is 1. The SMILES string of the molecule is O=C(NCC(O)COc1ccc(C(F)(F)F)cc1)c1ccc(C(F)(F)F)cc1. The lowest BCUT2D eigenvalue weighted by molar-refractivity contribution is -0.138. The molecule has 0 fully saturated rings. The highest BCUT2D eigenvalue weighted by molar-refractivity contribution is 5.94.